The highest BCUT2D eigenvalue weighted by molar-refractivity contribution is 6.89. The molecule has 10 unspecified atom stereocenters. The number of fused-ring (bicyclic) bond motifs is 8. The van der Waals surface area contributed by atoms with Gasteiger partial charge < -0.3 is 16.8 Å². The lowest BCUT2D eigenvalue weighted by molar-refractivity contribution is 0.371. The molecule has 10 atom stereocenters. The van der Waals surface area contributed by atoms with Crippen molar-refractivity contribution in [2.24, 2.45) is 5.92 Å². The van der Waals surface area contributed by atoms with E-state index in [0.29, 0.717) is 57.7 Å². The molecule has 13 heteroatoms. The average molecular weight is 1810 g/mol. The molecule has 17 rings (SSSR count). The summed E-state index contributed by atoms with van der Waals surface area (Å²) in [5.41, 5.74) is 49.2. The maximum absolute atomic E-state index is 8.41. The Bertz CT molecular complexity index is 5860. The van der Waals surface area contributed by atoms with Crippen molar-refractivity contribution in [1.29, 1.82) is 0 Å². The summed E-state index contributed by atoms with van der Waals surface area (Å²) in [6.45, 7) is 58.8. The highest BCUT2D eigenvalue weighted by atomic mass is 28.4. The lowest BCUT2D eigenvalue weighted by atomic mass is 9.71. The van der Waals surface area contributed by atoms with Gasteiger partial charge >= 0.3 is 0 Å². The zero-order chi connectivity index (χ0) is 88.5. The lowest BCUT2D eigenvalue weighted by Crippen LogP contribution is -2.51. The fourth-order valence-electron chi connectivity index (χ4n) is 24.3. The van der Waals surface area contributed by atoms with Crippen LogP contribution in [-0.4, -0.2) is 81.5 Å². The minimum absolute atomic E-state index is 0.367. The molecule has 0 amide bonds. The van der Waals surface area contributed by atoms with E-state index in [1.807, 2.05) is 7.11 Å². The first-order valence-electron chi connectivity index (χ1n) is 48.1. The molecule has 0 bridgehead atoms. The van der Waals surface area contributed by atoms with Crippen molar-refractivity contribution < 1.29 is 16.8 Å². The van der Waals surface area contributed by atoms with Crippen molar-refractivity contribution in [2.75, 3.05) is 7.11 Å². The molecule has 0 radical (unpaired) electrons. The summed E-state index contributed by atoms with van der Waals surface area (Å²) >= 11 is 0. The predicted molar refractivity (Wildman–Crippen MR) is 560 cm³/mol. The van der Waals surface area contributed by atoms with Crippen LogP contribution in [-0.2, 0) is 120 Å². The van der Waals surface area contributed by atoms with E-state index in [1.165, 1.54) is 128 Å². The van der Waals surface area contributed by atoms with Crippen LogP contribution >= 0.6 is 0 Å². The van der Waals surface area contributed by atoms with E-state index < -0.39 is 74.4 Å². The molecule has 4 nitrogen and oxygen atoms in total. The van der Waals surface area contributed by atoms with Crippen molar-refractivity contribution in [3.63, 3.8) is 0 Å². The molecule has 0 spiro atoms. The SMILES string of the molecule is C=c1ccc(/C=C/[Si](C)(C)O[Si](C)(C)C2Cc3cc(C4Cc5ccc(C6Cc7ccc(/C=C/[Si](C)(C)C)cc7CC6C[Si](C)(C)O[Si](C)(C)C6Cc7ccc(C8Cc9cc(/C=C/[Si](C)(C)C)ccc9CC8[Si](C)(C)O[Si](C)(C)/C=C/c8ccc9c(c8)CC9)cc7CC6c6ccc7c(c6)CC7)cc5CC4[Si](C)(C)OC)ccc3CC2c2ccc3c(c2)CC3)cc1=C. The van der Waals surface area contributed by atoms with Crippen LogP contribution in [0.5, 0.6) is 0 Å². The predicted octanol–water partition coefficient (Wildman–Crippen LogP) is 27.4. The van der Waals surface area contributed by atoms with Gasteiger partial charge in [-0.3, -0.25) is 0 Å². The fraction of sp³-hybridized carbons (Fsp3) is 0.429. The molecule has 654 valence electrons. The largest absolute Gasteiger partial charge is 0.455 e. The van der Waals surface area contributed by atoms with Crippen LogP contribution in [0.2, 0.25) is 159 Å². The van der Waals surface area contributed by atoms with Gasteiger partial charge in [-0.2, -0.15) is 0 Å². The molecular weight excluding hydrogens is 1660 g/mol. The molecule has 125 heavy (non-hydrogen) atoms. The summed E-state index contributed by atoms with van der Waals surface area (Å²) < 4.78 is 30.8. The zero-order valence-electron chi connectivity index (χ0n) is 80.0. The van der Waals surface area contributed by atoms with Gasteiger partial charge in [0.1, 0.15) is 0 Å². The fourth-order valence-corrected chi connectivity index (χ4v) is 56.1. The molecule has 9 aromatic carbocycles. The quantitative estimate of drug-likeness (QED) is 0.0506. The second kappa shape index (κ2) is 34.6. The van der Waals surface area contributed by atoms with Gasteiger partial charge in [0.05, 0.1) is 16.1 Å². The van der Waals surface area contributed by atoms with Crippen molar-refractivity contribution in [3.8, 4) is 0 Å². The van der Waals surface area contributed by atoms with E-state index in [4.69, 9.17) is 16.8 Å². The van der Waals surface area contributed by atoms with Crippen LogP contribution < -0.4 is 10.4 Å². The van der Waals surface area contributed by atoms with E-state index >= 15 is 0 Å². The third-order valence-corrected chi connectivity index (χ3v) is 60.6. The Balaban J connectivity index is 0.660. The van der Waals surface area contributed by atoms with E-state index in [2.05, 4.69) is 355 Å². The monoisotopic (exact) mass is 1810 g/mol. The average Bonchev–Trinajstić information content (AvgIpc) is 0.749. The Hall–Kier alpha value is -6.53. The van der Waals surface area contributed by atoms with E-state index in [1.54, 1.807) is 50.1 Å². The van der Waals surface area contributed by atoms with Crippen LogP contribution in [0.25, 0.3) is 37.5 Å². The zero-order valence-corrected chi connectivity index (χ0v) is 89.0. The van der Waals surface area contributed by atoms with Crippen molar-refractivity contribution >= 4 is 112 Å². The first-order chi connectivity index (χ1) is 58.9. The maximum Gasteiger partial charge on any atom is 0.198 e. The molecule has 8 aliphatic carbocycles. The Morgan fingerprint density at radius 2 is 0.544 bits per heavy atom. The molecule has 0 N–H and O–H groups in total. The van der Waals surface area contributed by atoms with Crippen LogP contribution in [0.15, 0.2) is 187 Å². The topological polar surface area (TPSA) is 36.9 Å². The van der Waals surface area contributed by atoms with Gasteiger partial charge in [-0.25, -0.2) is 0 Å². The van der Waals surface area contributed by atoms with Crippen molar-refractivity contribution in [3.05, 3.63) is 336 Å². The standard InChI is InChI=1S/C112H146O4Si9/c1-76-24-25-78(56-77(76)2)50-54-119(10,11)115-124(20,21)112-74-102-64-97(46-41-90(102)68-106(112)94-43-35-83-33-38-86(83)60-94)105-67-89-40-45-93(62-101(89)73-109(105)122(16,17)113-3)104-66-88-30-27-79(48-52-117(4,5)6)58-98(88)65-103(104)75-121(14,15)116-125(22,23)111-72-92-42-47-96(63-100(92)70-108(111)95-44-36-84-34-39-87(84)61-95)107-69-99-59-80(49-53-118(7,8)9)28-31-91(99)71-110(107)123(18,19)114-120(12,13)55-51-81-26-29-82-32-37-85(82)57-81/h24-31,35-36,40-64,103-112H,1-2,32-34,37-39,65-75H2,3-23H3/b52-48+,53-49+,54-50+,55-51+. The van der Waals surface area contributed by atoms with Gasteiger partial charge in [-0.15, -0.1) is 0 Å². The van der Waals surface area contributed by atoms with Gasteiger partial charge in [-0.05, 0) is 414 Å². The van der Waals surface area contributed by atoms with Crippen LogP contribution in [0.1, 0.15) is 169 Å². The van der Waals surface area contributed by atoms with Crippen LogP contribution in [0.3, 0.4) is 0 Å². The summed E-state index contributed by atoms with van der Waals surface area (Å²) in [6, 6.07) is 68.7. The number of rotatable bonds is 26. The van der Waals surface area contributed by atoms with Crippen molar-refractivity contribution in [1.82, 2.24) is 0 Å². The molecule has 0 aromatic heterocycles. The second-order valence-electron chi connectivity index (χ2n) is 46.2. The van der Waals surface area contributed by atoms with Crippen molar-refractivity contribution in [2.45, 2.75) is 291 Å². The summed E-state index contributed by atoms with van der Waals surface area (Å²) in [5, 5.41) is 1.96. The molecule has 0 fully saturated rings. The molecular formula is C112H146O4Si9. The molecule has 8 aliphatic rings. The van der Waals surface area contributed by atoms with Gasteiger partial charge in [0, 0.05) is 7.11 Å². The Morgan fingerprint density at radius 3 is 0.928 bits per heavy atom. The summed E-state index contributed by atoms with van der Waals surface area (Å²) in [7, 11) is -17.2. The first-order valence-corrected chi connectivity index (χ1v) is 76.3. The normalized spacial score (nSPS) is 22.8. The van der Waals surface area contributed by atoms with E-state index in [-0.39, 0.29) is 0 Å². The molecule has 0 aliphatic heterocycles. The Labute approximate surface area is 763 Å². The molecule has 0 heterocycles. The number of aryl methyl sites for hydroxylation is 6. The first kappa shape index (κ1) is 90.4. The number of hydrogen-bond acceptors (Lipinski definition) is 4. The minimum Gasteiger partial charge on any atom is -0.455 e. The van der Waals surface area contributed by atoms with Gasteiger partial charge in [0.15, 0.2) is 58.2 Å². The smallest absolute Gasteiger partial charge is 0.198 e. The molecule has 0 saturated heterocycles. The van der Waals surface area contributed by atoms with E-state index in [0.717, 1.165) is 80.7 Å². The van der Waals surface area contributed by atoms with Crippen LogP contribution in [0.4, 0.5) is 0 Å². The molecule has 0 saturated carbocycles. The van der Waals surface area contributed by atoms with Crippen LogP contribution in [0, 0.1) is 5.92 Å². The lowest BCUT2D eigenvalue weighted by Gasteiger charge is -2.47. The Kier molecular flexibility index (Phi) is 25.1. The number of hydrogen-bond donors (Lipinski definition) is 0. The summed E-state index contributed by atoms with van der Waals surface area (Å²) in [5.74, 6) is 2.37. The summed E-state index contributed by atoms with van der Waals surface area (Å²) in [6.07, 6.45) is 27.4. The minimum atomic E-state index is -2.48. The second-order valence-corrected chi connectivity index (χ2v) is 86.0. The van der Waals surface area contributed by atoms with Gasteiger partial charge in [0.25, 0.3) is 0 Å². The van der Waals surface area contributed by atoms with E-state index in [9.17, 15) is 0 Å². The number of benzene rings is 9. The highest BCUT2D eigenvalue weighted by Gasteiger charge is 2.52. The maximum atomic E-state index is 8.41. The van der Waals surface area contributed by atoms with Gasteiger partial charge in [0.2, 0.25) is 0 Å². The highest BCUT2D eigenvalue weighted by Crippen LogP contribution is 2.56. The molecule has 9 aromatic rings. The third kappa shape index (κ3) is 20.1. The Morgan fingerprint density at radius 1 is 0.264 bits per heavy atom. The third-order valence-electron chi connectivity index (χ3n) is 31.5. The van der Waals surface area contributed by atoms with Gasteiger partial charge in [-0.1, -0.05) is 257 Å². The summed E-state index contributed by atoms with van der Waals surface area (Å²) in [4.78, 5) is 0.